The van der Waals surface area contributed by atoms with Crippen molar-refractivity contribution in [2.45, 2.75) is 44.5 Å². The van der Waals surface area contributed by atoms with Crippen molar-refractivity contribution in [1.82, 2.24) is 0 Å². The summed E-state index contributed by atoms with van der Waals surface area (Å²) in [5.41, 5.74) is 8.89. The van der Waals surface area contributed by atoms with E-state index in [2.05, 4.69) is 61.7 Å². The van der Waals surface area contributed by atoms with E-state index in [1.54, 1.807) is 0 Å². The van der Waals surface area contributed by atoms with E-state index in [4.69, 9.17) is 5.73 Å². The van der Waals surface area contributed by atoms with Crippen LogP contribution in [0.3, 0.4) is 0 Å². The summed E-state index contributed by atoms with van der Waals surface area (Å²) in [5, 5.41) is 0.685. The van der Waals surface area contributed by atoms with Crippen LogP contribution >= 0.6 is 11.8 Å². The third-order valence-corrected chi connectivity index (χ3v) is 5.31. The Balaban J connectivity index is 2.32. The van der Waals surface area contributed by atoms with Crippen molar-refractivity contribution >= 4 is 17.4 Å². The van der Waals surface area contributed by atoms with Gasteiger partial charge in [0, 0.05) is 35.3 Å². The molecule has 0 amide bonds. The highest BCUT2D eigenvalue weighted by atomic mass is 32.2. The predicted molar refractivity (Wildman–Crippen MR) is 82.4 cm³/mol. The van der Waals surface area contributed by atoms with E-state index in [1.807, 2.05) is 0 Å². The number of hydrogen-bond acceptors (Lipinski definition) is 3. The summed E-state index contributed by atoms with van der Waals surface area (Å²) >= 11 is 2.07. The number of nitrogens with zero attached hydrogens (tertiary/aromatic N) is 1. The van der Waals surface area contributed by atoms with Gasteiger partial charge in [-0.15, -0.1) is 0 Å². The van der Waals surface area contributed by atoms with Gasteiger partial charge < -0.3 is 10.6 Å². The maximum atomic E-state index is 6.25. The minimum absolute atomic E-state index is 0.151. The van der Waals surface area contributed by atoms with Gasteiger partial charge in [-0.1, -0.05) is 32.0 Å². The summed E-state index contributed by atoms with van der Waals surface area (Å²) in [4.78, 5) is 2.53. The molecule has 1 aliphatic heterocycles. The molecule has 1 saturated heterocycles. The van der Waals surface area contributed by atoms with E-state index >= 15 is 0 Å². The first-order chi connectivity index (χ1) is 8.65. The van der Waals surface area contributed by atoms with Crippen LogP contribution in [-0.2, 0) is 0 Å². The second-order valence-corrected chi connectivity index (χ2v) is 6.57. The van der Waals surface area contributed by atoms with E-state index < -0.39 is 0 Å². The van der Waals surface area contributed by atoms with Crippen molar-refractivity contribution in [3.63, 3.8) is 0 Å². The molecule has 3 heteroatoms. The van der Waals surface area contributed by atoms with Gasteiger partial charge in [0.05, 0.1) is 0 Å². The van der Waals surface area contributed by atoms with Gasteiger partial charge in [-0.2, -0.15) is 11.8 Å². The monoisotopic (exact) mass is 264 g/mol. The van der Waals surface area contributed by atoms with Crippen molar-refractivity contribution in [3.05, 3.63) is 29.8 Å². The van der Waals surface area contributed by atoms with Crippen LogP contribution in [0.15, 0.2) is 24.3 Å². The lowest BCUT2D eigenvalue weighted by molar-refractivity contribution is 0.615. The summed E-state index contributed by atoms with van der Waals surface area (Å²) in [5.74, 6) is 1.21. The zero-order valence-electron chi connectivity index (χ0n) is 11.6. The molecule has 3 atom stereocenters. The summed E-state index contributed by atoms with van der Waals surface area (Å²) in [7, 11) is 0. The van der Waals surface area contributed by atoms with Crippen LogP contribution < -0.4 is 10.6 Å². The maximum Gasteiger partial charge on any atom is 0.0417 e. The number of rotatable bonds is 3. The summed E-state index contributed by atoms with van der Waals surface area (Å²) in [6.45, 7) is 7.93. The highest BCUT2D eigenvalue weighted by Crippen LogP contribution is 2.33. The third kappa shape index (κ3) is 2.67. The van der Waals surface area contributed by atoms with Crippen LogP contribution in [0, 0.1) is 0 Å². The minimum atomic E-state index is 0.151. The average molecular weight is 264 g/mol. The fraction of sp³-hybridized carbons (Fsp3) is 0.600. The van der Waals surface area contributed by atoms with Crippen LogP contribution in [0.4, 0.5) is 5.69 Å². The Kier molecular flexibility index (Phi) is 4.57. The molecule has 1 heterocycles. The smallest absolute Gasteiger partial charge is 0.0417 e. The quantitative estimate of drug-likeness (QED) is 0.907. The SMILES string of the molecule is CC[C@H](N)c1ccccc1N1CCSC(C)C1C. The first-order valence-corrected chi connectivity index (χ1v) is 7.92. The van der Waals surface area contributed by atoms with Gasteiger partial charge in [-0.05, 0) is 25.0 Å². The van der Waals surface area contributed by atoms with E-state index in [9.17, 15) is 0 Å². The molecule has 2 rings (SSSR count). The highest BCUT2D eigenvalue weighted by molar-refractivity contribution is 8.00. The van der Waals surface area contributed by atoms with Gasteiger partial charge in [0.25, 0.3) is 0 Å². The standard InChI is InChI=1S/C15H24N2S/c1-4-14(16)13-7-5-6-8-15(13)17-9-10-18-12(3)11(17)2/h5-8,11-12,14H,4,9-10,16H2,1-3H3/t11?,12?,14-/m0/s1. The number of anilines is 1. The molecule has 18 heavy (non-hydrogen) atoms. The van der Waals surface area contributed by atoms with Crippen molar-refractivity contribution < 1.29 is 0 Å². The number of thioether (sulfide) groups is 1. The Morgan fingerprint density at radius 3 is 2.83 bits per heavy atom. The molecule has 1 fully saturated rings. The lowest BCUT2D eigenvalue weighted by Crippen LogP contribution is -2.45. The lowest BCUT2D eigenvalue weighted by Gasteiger charge is -2.40. The Bertz CT molecular complexity index is 394. The van der Waals surface area contributed by atoms with Crippen LogP contribution in [0.2, 0.25) is 0 Å². The molecule has 0 bridgehead atoms. The summed E-state index contributed by atoms with van der Waals surface area (Å²) in [6.07, 6.45) is 0.990. The van der Waals surface area contributed by atoms with E-state index in [-0.39, 0.29) is 6.04 Å². The normalized spacial score (nSPS) is 26.1. The molecule has 2 unspecified atom stereocenters. The Labute approximate surface area is 115 Å². The first kappa shape index (κ1) is 13.8. The molecule has 0 aromatic heterocycles. The van der Waals surface area contributed by atoms with Gasteiger partial charge >= 0.3 is 0 Å². The topological polar surface area (TPSA) is 29.3 Å². The van der Waals surface area contributed by atoms with E-state index in [0.29, 0.717) is 11.3 Å². The van der Waals surface area contributed by atoms with Crippen molar-refractivity contribution in [2.75, 3.05) is 17.2 Å². The van der Waals surface area contributed by atoms with Crippen molar-refractivity contribution in [3.8, 4) is 0 Å². The molecule has 0 saturated carbocycles. The summed E-state index contributed by atoms with van der Waals surface area (Å²) < 4.78 is 0. The number of para-hydroxylation sites is 1. The molecule has 0 aliphatic carbocycles. The van der Waals surface area contributed by atoms with Gasteiger partial charge in [0.1, 0.15) is 0 Å². The first-order valence-electron chi connectivity index (χ1n) is 6.88. The third-order valence-electron chi connectivity index (χ3n) is 3.97. The molecular formula is C15H24N2S. The molecule has 1 aromatic carbocycles. The zero-order valence-corrected chi connectivity index (χ0v) is 12.4. The fourth-order valence-electron chi connectivity index (χ4n) is 2.56. The van der Waals surface area contributed by atoms with E-state index in [0.717, 1.165) is 13.0 Å². The van der Waals surface area contributed by atoms with Crippen LogP contribution in [-0.4, -0.2) is 23.6 Å². The second-order valence-electron chi connectivity index (χ2n) is 5.08. The van der Waals surface area contributed by atoms with Gasteiger partial charge in [-0.25, -0.2) is 0 Å². The highest BCUT2D eigenvalue weighted by Gasteiger charge is 2.27. The van der Waals surface area contributed by atoms with Gasteiger partial charge in [0.15, 0.2) is 0 Å². The molecule has 2 nitrogen and oxygen atoms in total. The fourth-order valence-corrected chi connectivity index (χ4v) is 3.65. The molecule has 100 valence electrons. The molecule has 1 aromatic rings. The Morgan fingerprint density at radius 2 is 2.11 bits per heavy atom. The predicted octanol–water partition coefficient (Wildman–Crippen LogP) is 3.43. The number of hydrogen-bond donors (Lipinski definition) is 1. The van der Waals surface area contributed by atoms with E-state index in [1.165, 1.54) is 17.0 Å². The van der Waals surface area contributed by atoms with Crippen molar-refractivity contribution in [2.24, 2.45) is 5.73 Å². The van der Waals surface area contributed by atoms with Gasteiger partial charge in [-0.3, -0.25) is 0 Å². The zero-order chi connectivity index (χ0) is 13.1. The molecule has 0 radical (unpaired) electrons. The average Bonchev–Trinajstić information content (AvgIpc) is 2.41. The lowest BCUT2D eigenvalue weighted by atomic mass is 10.0. The molecule has 2 N–H and O–H groups in total. The Hall–Kier alpha value is -0.670. The summed E-state index contributed by atoms with van der Waals surface area (Å²) in [6, 6.07) is 9.36. The number of nitrogens with two attached hydrogens (primary N) is 1. The maximum absolute atomic E-state index is 6.25. The largest absolute Gasteiger partial charge is 0.367 e. The van der Waals surface area contributed by atoms with Crippen LogP contribution in [0.1, 0.15) is 38.8 Å². The second kappa shape index (κ2) is 5.98. The molecule has 1 aliphatic rings. The van der Waals surface area contributed by atoms with Gasteiger partial charge in [0.2, 0.25) is 0 Å². The van der Waals surface area contributed by atoms with Crippen molar-refractivity contribution in [1.29, 1.82) is 0 Å². The van der Waals surface area contributed by atoms with Crippen LogP contribution in [0.5, 0.6) is 0 Å². The Morgan fingerprint density at radius 1 is 1.39 bits per heavy atom. The molecular weight excluding hydrogens is 240 g/mol. The number of benzene rings is 1. The molecule has 0 spiro atoms. The van der Waals surface area contributed by atoms with Crippen LogP contribution in [0.25, 0.3) is 0 Å². The minimum Gasteiger partial charge on any atom is -0.367 e.